The number of anilines is 2. The van der Waals surface area contributed by atoms with E-state index in [9.17, 15) is 23.3 Å². The number of hydrogen-bond donors (Lipinski definition) is 1. The lowest BCUT2D eigenvalue weighted by atomic mass is 10.0. The average molecular weight is 476 g/mol. The molecule has 0 unspecified atom stereocenters. The van der Waals surface area contributed by atoms with Crippen LogP contribution in [0, 0.1) is 17.0 Å². The summed E-state index contributed by atoms with van der Waals surface area (Å²) < 4.78 is 45.5. The zero-order chi connectivity index (χ0) is 24.6. The summed E-state index contributed by atoms with van der Waals surface area (Å²) in [6.07, 6.45) is -2.61. The first-order chi connectivity index (χ1) is 16.1. The van der Waals surface area contributed by atoms with Crippen LogP contribution in [0.25, 0.3) is 11.0 Å². The first-order valence-corrected chi connectivity index (χ1v) is 10.7. The average Bonchev–Trinajstić information content (AvgIpc) is 3.32. The number of aromatic nitrogens is 3. The number of nitrogens with one attached hydrogen (secondary N) is 1. The fourth-order valence-corrected chi connectivity index (χ4v) is 3.99. The van der Waals surface area contributed by atoms with Gasteiger partial charge in [0.05, 0.1) is 29.0 Å². The van der Waals surface area contributed by atoms with Gasteiger partial charge in [-0.1, -0.05) is 0 Å². The van der Waals surface area contributed by atoms with Crippen LogP contribution in [-0.2, 0) is 6.18 Å². The van der Waals surface area contributed by atoms with Crippen molar-refractivity contribution < 1.29 is 22.8 Å². The van der Waals surface area contributed by atoms with Crippen molar-refractivity contribution in [1.29, 1.82) is 0 Å². The predicted molar refractivity (Wildman–Crippen MR) is 120 cm³/mol. The van der Waals surface area contributed by atoms with Crippen LogP contribution in [0.3, 0.4) is 0 Å². The Labute approximate surface area is 193 Å². The lowest BCUT2D eigenvalue weighted by Crippen LogP contribution is -2.20. The van der Waals surface area contributed by atoms with Crippen LogP contribution in [0.1, 0.15) is 42.8 Å². The highest BCUT2D eigenvalue weighted by atomic mass is 19.4. The van der Waals surface area contributed by atoms with Crippen molar-refractivity contribution in [1.82, 2.24) is 15.0 Å². The second-order valence-corrected chi connectivity index (χ2v) is 8.13. The number of benzene rings is 1. The second kappa shape index (κ2) is 8.92. The number of methoxy groups -OCH3 is 1. The van der Waals surface area contributed by atoms with Gasteiger partial charge >= 0.3 is 6.18 Å². The SMILES string of the molecule is COc1cc2c(N[C@H](C)c3cc([N+](=O)[O-])cc(C(F)(F)F)c3)nc(C)nc2nc1N1CCCC1. The molecule has 1 fully saturated rings. The Balaban J connectivity index is 1.76. The molecule has 1 saturated heterocycles. The minimum Gasteiger partial charge on any atom is -0.493 e. The summed E-state index contributed by atoms with van der Waals surface area (Å²) >= 11 is 0. The van der Waals surface area contributed by atoms with Crippen LogP contribution >= 0.6 is 0 Å². The van der Waals surface area contributed by atoms with Gasteiger partial charge in [-0.3, -0.25) is 10.1 Å². The molecule has 0 bridgehead atoms. The number of rotatable bonds is 6. The summed E-state index contributed by atoms with van der Waals surface area (Å²) in [4.78, 5) is 26.0. The molecule has 1 aliphatic rings. The number of nitrogens with zero attached hydrogens (tertiary/aromatic N) is 5. The first-order valence-electron chi connectivity index (χ1n) is 10.7. The van der Waals surface area contributed by atoms with E-state index >= 15 is 0 Å². The molecule has 34 heavy (non-hydrogen) atoms. The maximum absolute atomic E-state index is 13.3. The summed E-state index contributed by atoms with van der Waals surface area (Å²) in [7, 11) is 1.54. The zero-order valence-electron chi connectivity index (χ0n) is 18.8. The quantitative estimate of drug-likeness (QED) is 0.390. The molecule has 0 spiro atoms. The van der Waals surface area contributed by atoms with E-state index in [0.717, 1.165) is 38.1 Å². The smallest absolute Gasteiger partial charge is 0.416 e. The van der Waals surface area contributed by atoms with Gasteiger partial charge in [-0.25, -0.2) is 15.0 Å². The third kappa shape index (κ3) is 4.66. The van der Waals surface area contributed by atoms with E-state index < -0.39 is 28.4 Å². The standard InChI is InChI=1S/C22H23F3N6O3/c1-12(14-8-15(22(23,24)25)10-16(9-14)31(32)33)26-19-17-11-18(34-3)21(30-6-4-5-7-30)29-20(17)28-13(2)27-19/h8-12H,4-7H2,1-3H3,(H,26,27,28,29)/t12-/m1/s1. The largest absolute Gasteiger partial charge is 0.493 e. The number of pyridine rings is 1. The minimum absolute atomic E-state index is 0.0968. The molecule has 4 rings (SSSR count). The van der Waals surface area contributed by atoms with E-state index in [2.05, 4.69) is 25.2 Å². The number of fused-ring (bicyclic) bond motifs is 1. The Morgan fingerprint density at radius 1 is 1.15 bits per heavy atom. The Hall–Kier alpha value is -3.70. The number of hydrogen-bond acceptors (Lipinski definition) is 8. The lowest BCUT2D eigenvalue weighted by Gasteiger charge is -2.21. The van der Waals surface area contributed by atoms with Crippen molar-refractivity contribution in [3.63, 3.8) is 0 Å². The number of ether oxygens (including phenoxy) is 1. The van der Waals surface area contributed by atoms with Crippen molar-refractivity contribution in [2.24, 2.45) is 0 Å². The number of nitro benzene ring substituents is 1. The highest BCUT2D eigenvalue weighted by Gasteiger charge is 2.33. The van der Waals surface area contributed by atoms with Gasteiger partial charge in [0.15, 0.2) is 17.2 Å². The summed E-state index contributed by atoms with van der Waals surface area (Å²) in [5, 5.41) is 14.8. The Kier molecular flexibility index (Phi) is 6.15. The molecule has 1 aliphatic heterocycles. The molecule has 180 valence electrons. The van der Waals surface area contributed by atoms with Gasteiger partial charge in [0.25, 0.3) is 5.69 Å². The Morgan fingerprint density at radius 2 is 1.85 bits per heavy atom. The molecule has 0 amide bonds. The van der Waals surface area contributed by atoms with Crippen molar-refractivity contribution in [3.8, 4) is 5.75 Å². The van der Waals surface area contributed by atoms with Crippen LogP contribution < -0.4 is 15.0 Å². The first kappa shape index (κ1) is 23.5. The van der Waals surface area contributed by atoms with Gasteiger partial charge in [-0.15, -0.1) is 0 Å². The van der Waals surface area contributed by atoms with Crippen LogP contribution in [0.4, 0.5) is 30.5 Å². The van der Waals surface area contributed by atoms with E-state index in [1.54, 1.807) is 19.9 Å². The molecule has 1 atom stereocenters. The number of non-ortho nitro benzene ring substituents is 1. The minimum atomic E-state index is -4.72. The van der Waals surface area contributed by atoms with Gasteiger partial charge in [-0.2, -0.15) is 13.2 Å². The fourth-order valence-electron chi connectivity index (χ4n) is 3.99. The summed E-state index contributed by atoms with van der Waals surface area (Å²) in [6.45, 7) is 5.00. The van der Waals surface area contributed by atoms with Gasteiger partial charge in [-0.05, 0) is 44.4 Å². The number of aryl methyl sites for hydroxylation is 1. The second-order valence-electron chi connectivity index (χ2n) is 8.13. The zero-order valence-corrected chi connectivity index (χ0v) is 18.8. The highest BCUT2D eigenvalue weighted by molar-refractivity contribution is 5.90. The van der Waals surface area contributed by atoms with Crippen molar-refractivity contribution >= 4 is 28.4 Å². The van der Waals surface area contributed by atoms with Crippen LogP contribution in [0.15, 0.2) is 24.3 Å². The Bertz CT molecular complexity index is 1240. The molecule has 0 radical (unpaired) electrons. The lowest BCUT2D eigenvalue weighted by molar-refractivity contribution is -0.385. The molecule has 0 aliphatic carbocycles. The number of alkyl halides is 3. The third-order valence-electron chi connectivity index (χ3n) is 5.70. The summed E-state index contributed by atoms with van der Waals surface area (Å²) in [6, 6.07) is 3.55. The van der Waals surface area contributed by atoms with Crippen LogP contribution in [0.5, 0.6) is 5.75 Å². The van der Waals surface area contributed by atoms with Crippen molar-refractivity contribution in [3.05, 3.63) is 51.3 Å². The molecular weight excluding hydrogens is 453 g/mol. The monoisotopic (exact) mass is 476 g/mol. The van der Waals surface area contributed by atoms with E-state index in [1.165, 1.54) is 7.11 Å². The summed E-state index contributed by atoms with van der Waals surface area (Å²) in [5.41, 5.74) is -1.21. The number of halogens is 3. The topological polar surface area (TPSA) is 106 Å². The van der Waals surface area contributed by atoms with E-state index in [4.69, 9.17) is 4.74 Å². The molecule has 1 N–H and O–H groups in total. The molecule has 3 aromatic rings. The van der Waals surface area contributed by atoms with Crippen LogP contribution in [0.2, 0.25) is 0 Å². The van der Waals surface area contributed by atoms with E-state index in [1.807, 2.05) is 0 Å². The molecular formula is C22H23F3N6O3. The molecule has 1 aromatic carbocycles. The fraction of sp³-hybridized carbons (Fsp3) is 0.409. The normalized spacial score (nSPS) is 14.9. The number of nitro groups is 1. The van der Waals surface area contributed by atoms with E-state index in [0.29, 0.717) is 40.3 Å². The maximum Gasteiger partial charge on any atom is 0.416 e. The third-order valence-corrected chi connectivity index (χ3v) is 5.70. The predicted octanol–water partition coefficient (Wildman–Crippen LogP) is 5.04. The molecule has 3 heterocycles. The molecule has 0 saturated carbocycles. The van der Waals surface area contributed by atoms with E-state index in [-0.39, 0.29) is 5.56 Å². The molecule has 12 heteroatoms. The van der Waals surface area contributed by atoms with Crippen LogP contribution in [-0.4, -0.2) is 40.1 Å². The molecule has 9 nitrogen and oxygen atoms in total. The highest BCUT2D eigenvalue weighted by Crippen LogP contribution is 2.37. The molecule has 2 aromatic heterocycles. The van der Waals surface area contributed by atoms with Crippen molar-refractivity contribution in [2.45, 2.75) is 38.9 Å². The van der Waals surface area contributed by atoms with Gasteiger partial charge in [0, 0.05) is 25.2 Å². The Morgan fingerprint density at radius 3 is 2.47 bits per heavy atom. The maximum atomic E-state index is 13.3. The van der Waals surface area contributed by atoms with Crippen molar-refractivity contribution in [2.75, 3.05) is 30.4 Å². The van der Waals surface area contributed by atoms with Gasteiger partial charge in [0.2, 0.25) is 0 Å². The summed E-state index contributed by atoms with van der Waals surface area (Å²) in [5.74, 6) is 1.97. The van der Waals surface area contributed by atoms with Gasteiger partial charge in [0.1, 0.15) is 11.6 Å². The van der Waals surface area contributed by atoms with Gasteiger partial charge < -0.3 is 15.0 Å².